The van der Waals surface area contributed by atoms with Gasteiger partial charge in [-0.3, -0.25) is 4.57 Å². The summed E-state index contributed by atoms with van der Waals surface area (Å²) in [6, 6.07) is 49.8. The lowest BCUT2D eigenvalue weighted by Gasteiger charge is -2.13. The molecule has 0 aliphatic rings. The van der Waals surface area contributed by atoms with Crippen molar-refractivity contribution in [1.82, 2.24) is 14.5 Å². The normalized spacial score (nSPS) is 12.1. The molecule has 0 amide bonds. The summed E-state index contributed by atoms with van der Waals surface area (Å²) in [5.74, 6) is 0.685. The zero-order valence-corrected chi connectivity index (χ0v) is 24.3. The first kappa shape index (κ1) is 23.9. The second-order valence-corrected chi connectivity index (χ2v) is 12.4. The van der Waals surface area contributed by atoms with Crippen molar-refractivity contribution < 1.29 is 0 Å². The molecule has 10 rings (SSSR count). The van der Waals surface area contributed by atoms with Crippen molar-refractivity contribution >= 4 is 85.8 Å². The summed E-state index contributed by atoms with van der Waals surface area (Å²) in [6.07, 6.45) is 0. The Labute approximate surface area is 256 Å². The van der Waals surface area contributed by atoms with Crippen LogP contribution in [-0.4, -0.2) is 14.5 Å². The molecule has 0 radical (unpaired) electrons. The van der Waals surface area contributed by atoms with Crippen molar-refractivity contribution in [2.45, 2.75) is 0 Å². The largest absolute Gasteiger partial charge is 0.277 e. The van der Waals surface area contributed by atoms with Crippen LogP contribution in [0.25, 0.3) is 91.6 Å². The molecule has 0 unspecified atom stereocenters. The number of hydrogen-bond acceptors (Lipinski definition) is 3. The summed E-state index contributed by atoms with van der Waals surface area (Å²) in [6.45, 7) is 0. The Morgan fingerprint density at radius 2 is 1.18 bits per heavy atom. The summed E-state index contributed by atoms with van der Waals surface area (Å²) in [4.78, 5) is 10.7. The summed E-state index contributed by atoms with van der Waals surface area (Å²) in [5, 5.41) is 11.0. The number of fused-ring (bicyclic) bond motifs is 12. The molecule has 0 atom stereocenters. The summed E-state index contributed by atoms with van der Waals surface area (Å²) >= 11 is 1.87. The molecule has 7 aromatic carbocycles. The molecule has 0 saturated carbocycles. The average Bonchev–Trinajstić information content (AvgIpc) is 3.64. The maximum absolute atomic E-state index is 5.43. The van der Waals surface area contributed by atoms with Crippen LogP contribution in [-0.2, 0) is 0 Å². The molecule has 3 nitrogen and oxygen atoms in total. The van der Waals surface area contributed by atoms with E-state index < -0.39 is 0 Å². The van der Waals surface area contributed by atoms with E-state index in [1.54, 1.807) is 0 Å². The highest BCUT2D eigenvalue weighted by atomic mass is 32.1. The number of para-hydroxylation sites is 2. The number of aromatic nitrogens is 3. The Hall–Kier alpha value is -5.58. The molecular weight excluding hydrogens is 555 g/mol. The molecular formula is C40H23N3S. The maximum atomic E-state index is 5.43. The van der Waals surface area contributed by atoms with Crippen LogP contribution in [0, 0.1) is 0 Å². The number of nitrogens with zero attached hydrogens (tertiary/aromatic N) is 3. The second kappa shape index (κ2) is 8.96. The summed E-state index contributed by atoms with van der Waals surface area (Å²) in [5.41, 5.74) is 5.22. The first-order valence-corrected chi connectivity index (χ1v) is 15.7. The van der Waals surface area contributed by atoms with E-state index in [1.807, 2.05) is 11.3 Å². The van der Waals surface area contributed by atoms with Crippen molar-refractivity contribution in [2.75, 3.05) is 0 Å². The van der Waals surface area contributed by atoms with Crippen LogP contribution in [0.5, 0.6) is 0 Å². The standard InChI is InChI=1S/C40H23N3S/c1-2-12-25-23-26(22-21-24(25)11-1)37-29-15-5-8-18-32(29)41-40(42-37)43-33-19-9-6-16-30(33)35-27-13-3-4-14-28(27)39-36(38(35)43)31-17-7-10-20-34(31)44-39/h1-23H. The molecule has 0 bridgehead atoms. The van der Waals surface area contributed by atoms with Gasteiger partial charge in [0.15, 0.2) is 0 Å². The van der Waals surface area contributed by atoms with Crippen LogP contribution in [0.3, 0.4) is 0 Å². The van der Waals surface area contributed by atoms with E-state index in [4.69, 9.17) is 9.97 Å². The highest BCUT2D eigenvalue weighted by Crippen LogP contribution is 2.47. The quantitative estimate of drug-likeness (QED) is 0.205. The lowest BCUT2D eigenvalue weighted by molar-refractivity contribution is 1.02. The van der Waals surface area contributed by atoms with Crippen LogP contribution in [0.4, 0.5) is 0 Å². The molecule has 44 heavy (non-hydrogen) atoms. The number of benzene rings is 7. The fourth-order valence-electron chi connectivity index (χ4n) is 7.05. The molecule has 0 spiro atoms. The predicted octanol–water partition coefficient (Wildman–Crippen LogP) is 11.1. The van der Waals surface area contributed by atoms with Gasteiger partial charge in [0.05, 0.1) is 22.2 Å². The van der Waals surface area contributed by atoms with Gasteiger partial charge in [0.1, 0.15) is 0 Å². The van der Waals surface area contributed by atoms with Crippen LogP contribution < -0.4 is 0 Å². The molecule has 0 aliphatic heterocycles. The Bertz CT molecular complexity index is 2790. The van der Waals surface area contributed by atoms with Gasteiger partial charge in [-0.15, -0.1) is 11.3 Å². The van der Waals surface area contributed by atoms with Crippen molar-refractivity contribution in [3.63, 3.8) is 0 Å². The molecule has 0 fully saturated rings. The highest BCUT2D eigenvalue weighted by Gasteiger charge is 2.23. The molecule has 204 valence electrons. The van der Waals surface area contributed by atoms with E-state index in [-0.39, 0.29) is 0 Å². The first-order chi connectivity index (χ1) is 21.8. The number of rotatable bonds is 2. The van der Waals surface area contributed by atoms with Gasteiger partial charge < -0.3 is 0 Å². The van der Waals surface area contributed by atoms with Crippen LogP contribution in [0.15, 0.2) is 140 Å². The van der Waals surface area contributed by atoms with Crippen molar-refractivity contribution in [2.24, 2.45) is 0 Å². The molecule has 4 heteroatoms. The van der Waals surface area contributed by atoms with E-state index in [0.29, 0.717) is 5.95 Å². The summed E-state index contributed by atoms with van der Waals surface area (Å²) in [7, 11) is 0. The molecule has 0 saturated heterocycles. The Morgan fingerprint density at radius 3 is 2.07 bits per heavy atom. The van der Waals surface area contributed by atoms with Crippen molar-refractivity contribution in [3.8, 4) is 17.2 Å². The molecule has 3 aromatic heterocycles. The van der Waals surface area contributed by atoms with Gasteiger partial charge in [-0.25, -0.2) is 9.97 Å². The fourth-order valence-corrected chi connectivity index (χ4v) is 8.29. The van der Waals surface area contributed by atoms with E-state index in [2.05, 4.69) is 144 Å². The van der Waals surface area contributed by atoms with E-state index >= 15 is 0 Å². The zero-order valence-electron chi connectivity index (χ0n) is 23.5. The second-order valence-electron chi connectivity index (χ2n) is 11.4. The monoisotopic (exact) mass is 577 g/mol. The van der Waals surface area contributed by atoms with E-state index in [1.165, 1.54) is 52.5 Å². The average molecular weight is 578 g/mol. The SMILES string of the molecule is c1ccc2cc(-c3nc(-n4c5ccccc5c5c6ccccc6c6sc7ccccc7c6c54)nc4ccccc34)ccc2c1. The van der Waals surface area contributed by atoms with Gasteiger partial charge in [-0.2, -0.15) is 0 Å². The maximum Gasteiger partial charge on any atom is 0.235 e. The highest BCUT2D eigenvalue weighted by molar-refractivity contribution is 7.27. The van der Waals surface area contributed by atoms with Gasteiger partial charge >= 0.3 is 0 Å². The van der Waals surface area contributed by atoms with Gasteiger partial charge in [-0.1, -0.05) is 115 Å². The van der Waals surface area contributed by atoms with E-state index in [0.717, 1.165) is 33.2 Å². The van der Waals surface area contributed by atoms with E-state index in [9.17, 15) is 0 Å². The molecule has 0 aliphatic carbocycles. The minimum atomic E-state index is 0.685. The van der Waals surface area contributed by atoms with Crippen molar-refractivity contribution in [1.29, 1.82) is 0 Å². The Kier molecular flexibility index (Phi) is 4.87. The van der Waals surface area contributed by atoms with Gasteiger partial charge in [-0.05, 0) is 40.4 Å². The third-order valence-corrected chi connectivity index (χ3v) is 10.2. The lowest BCUT2D eigenvalue weighted by Crippen LogP contribution is -2.03. The topological polar surface area (TPSA) is 30.7 Å². The number of hydrogen-bond donors (Lipinski definition) is 0. The smallest absolute Gasteiger partial charge is 0.235 e. The molecule has 3 heterocycles. The minimum Gasteiger partial charge on any atom is -0.277 e. The fraction of sp³-hybridized carbons (Fsp3) is 0. The van der Waals surface area contributed by atoms with Gasteiger partial charge in [0.2, 0.25) is 5.95 Å². The van der Waals surface area contributed by atoms with Gasteiger partial charge in [0.25, 0.3) is 0 Å². The van der Waals surface area contributed by atoms with Crippen LogP contribution in [0.2, 0.25) is 0 Å². The zero-order chi connectivity index (χ0) is 28.8. The molecule has 0 N–H and O–H groups in total. The first-order valence-electron chi connectivity index (χ1n) is 14.8. The summed E-state index contributed by atoms with van der Waals surface area (Å²) < 4.78 is 4.90. The third kappa shape index (κ3) is 3.26. The Balaban J connectivity index is 1.41. The van der Waals surface area contributed by atoms with Gasteiger partial charge in [0, 0.05) is 47.3 Å². The molecule has 10 aromatic rings. The van der Waals surface area contributed by atoms with Crippen LogP contribution >= 0.6 is 11.3 Å². The predicted molar refractivity (Wildman–Crippen MR) is 187 cm³/mol. The number of thiophene rings is 1. The van der Waals surface area contributed by atoms with Crippen molar-refractivity contribution in [3.05, 3.63) is 140 Å². The van der Waals surface area contributed by atoms with Crippen LogP contribution in [0.1, 0.15) is 0 Å². The lowest BCUT2D eigenvalue weighted by atomic mass is 10.00. The third-order valence-electron chi connectivity index (χ3n) is 8.96. The minimum absolute atomic E-state index is 0.685. The Morgan fingerprint density at radius 1 is 0.500 bits per heavy atom.